The Morgan fingerprint density at radius 2 is 2.24 bits per heavy atom. The van der Waals surface area contributed by atoms with Crippen LogP contribution in [0.5, 0.6) is 0 Å². The number of likely N-dealkylation sites (N-methyl/N-ethyl adjacent to an activating group) is 1. The van der Waals surface area contributed by atoms with Crippen molar-refractivity contribution in [1.82, 2.24) is 9.88 Å². The lowest BCUT2D eigenvalue weighted by Crippen LogP contribution is -2.31. The van der Waals surface area contributed by atoms with Gasteiger partial charge < -0.3 is 9.84 Å². The summed E-state index contributed by atoms with van der Waals surface area (Å²) in [6.07, 6.45) is 1.04. The molecule has 1 rings (SSSR count). The van der Waals surface area contributed by atoms with Gasteiger partial charge in [0, 0.05) is 26.4 Å². The van der Waals surface area contributed by atoms with Crippen molar-refractivity contribution in [3.63, 3.8) is 0 Å². The van der Waals surface area contributed by atoms with Crippen LogP contribution >= 0.6 is 23.2 Å². The maximum atomic E-state index is 9.57. The standard InChI is InChI=1S/C11H16Cl2N2O2/c1-15(5-9(16)7-17-2)6-11-10(13)3-8(12)4-14-11/h3-4,9,16H,5-7H2,1-2H3. The van der Waals surface area contributed by atoms with Gasteiger partial charge in [0.05, 0.1) is 28.5 Å². The average Bonchev–Trinajstić information content (AvgIpc) is 2.22. The molecule has 1 aromatic heterocycles. The number of hydrogen-bond acceptors (Lipinski definition) is 4. The van der Waals surface area contributed by atoms with Crippen molar-refractivity contribution in [2.24, 2.45) is 0 Å². The van der Waals surface area contributed by atoms with E-state index in [4.69, 9.17) is 27.9 Å². The van der Waals surface area contributed by atoms with Gasteiger partial charge in [-0.3, -0.25) is 9.88 Å². The maximum Gasteiger partial charge on any atom is 0.0900 e. The first-order valence-corrected chi connectivity index (χ1v) is 5.94. The average molecular weight is 279 g/mol. The third kappa shape index (κ3) is 5.19. The minimum absolute atomic E-state index is 0.312. The molecule has 96 valence electrons. The Balaban J connectivity index is 2.52. The minimum atomic E-state index is -0.518. The highest BCUT2D eigenvalue weighted by Gasteiger charge is 2.11. The summed E-state index contributed by atoms with van der Waals surface area (Å²) in [6, 6.07) is 1.66. The number of nitrogens with zero attached hydrogens (tertiary/aromatic N) is 2. The molecule has 0 saturated heterocycles. The van der Waals surface area contributed by atoms with Crippen LogP contribution in [0.2, 0.25) is 10.0 Å². The zero-order chi connectivity index (χ0) is 12.8. The van der Waals surface area contributed by atoms with E-state index in [0.29, 0.717) is 29.7 Å². The number of rotatable bonds is 6. The molecular weight excluding hydrogens is 263 g/mol. The summed E-state index contributed by atoms with van der Waals surface area (Å²) in [4.78, 5) is 6.08. The van der Waals surface area contributed by atoms with E-state index in [1.807, 2.05) is 11.9 Å². The van der Waals surface area contributed by atoms with Gasteiger partial charge in [0.15, 0.2) is 0 Å². The third-order valence-electron chi connectivity index (χ3n) is 2.19. The second kappa shape index (κ2) is 7.13. The molecule has 1 unspecified atom stereocenters. The van der Waals surface area contributed by atoms with E-state index in [1.165, 1.54) is 0 Å². The second-order valence-electron chi connectivity index (χ2n) is 3.89. The van der Waals surface area contributed by atoms with Gasteiger partial charge in [0.1, 0.15) is 0 Å². The fraction of sp³-hybridized carbons (Fsp3) is 0.545. The molecule has 1 heterocycles. The highest BCUT2D eigenvalue weighted by atomic mass is 35.5. The van der Waals surface area contributed by atoms with E-state index in [0.717, 1.165) is 5.69 Å². The molecule has 0 radical (unpaired) electrons. The van der Waals surface area contributed by atoms with Crippen molar-refractivity contribution in [2.75, 3.05) is 27.3 Å². The zero-order valence-corrected chi connectivity index (χ0v) is 11.4. The molecule has 0 aliphatic heterocycles. The van der Waals surface area contributed by atoms with Crippen molar-refractivity contribution < 1.29 is 9.84 Å². The lowest BCUT2D eigenvalue weighted by molar-refractivity contribution is 0.0417. The summed E-state index contributed by atoms with van der Waals surface area (Å²) in [5.74, 6) is 0. The van der Waals surface area contributed by atoms with Crippen LogP contribution < -0.4 is 0 Å². The van der Waals surface area contributed by atoms with Crippen LogP contribution in [-0.4, -0.2) is 48.4 Å². The van der Waals surface area contributed by atoms with Gasteiger partial charge >= 0.3 is 0 Å². The highest BCUT2D eigenvalue weighted by Crippen LogP contribution is 2.19. The molecule has 0 bridgehead atoms. The number of aliphatic hydroxyl groups excluding tert-OH is 1. The lowest BCUT2D eigenvalue weighted by Gasteiger charge is -2.20. The number of pyridine rings is 1. The van der Waals surface area contributed by atoms with E-state index in [1.54, 1.807) is 19.4 Å². The summed E-state index contributed by atoms with van der Waals surface area (Å²) in [5, 5.41) is 10.6. The van der Waals surface area contributed by atoms with Gasteiger partial charge in [-0.15, -0.1) is 0 Å². The summed E-state index contributed by atoms with van der Waals surface area (Å²) in [5.41, 5.74) is 0.739. The van der Waals surface area contributed by atoms with E-state index in [-0.39, 0.29) is 0 Å². The van der Waals surface area contributed by atoms with E-state index in [2.05, 4.69) is 4.98 Å². The van der Waals surface area contributed by atoms with Crippen molar-refractivity contribution >= 4 is 23.2 Å². The third-order valence-corrected chi connectivity index (χ3v) is 2.72. The number of hydrogen-bond donors (Lipinski definition) is 1. The molecule has 0 aliphatic rings. The Labute approximate surface area is 111 Å². The molecule has 4 nitrogen and oxygen atoms in total. The Kier molecular flexibility index (Phi) is 6.16. The topological polar surface area (TPSA) is 45.6 Å². The van der Waals surface area contributed by atoms with Gasteiger partial charge in [0.2, 0.25) is 0 Å². The first kappa shape index (κ1) is 14.7. The highest BCUT2D eigenvalue weighted by molar-refractivity contribution is 6.34. The van der Waals surface area contributed by atoms with Crippen LogP contribution in [0, 0.1) is 0 Å². The van der Waals surface area contributed by atoms with E-state index < -0.39 is 6.10 Å². The Bertz CT molecular complexity index is 363. The molecule has 0 aromatic carbocycles. The normalized spacial score (nSPS) is 13.1. The van der Waals surface area contributed by atoms with E-state index in [9.17, 15) is 5.11 Å². The molecule has 0 aliphatic carbocycles. The number of methoxy groups -OCH3 is 1. The summed E-state index contributed by atoms with van der Waals surface area (Å²) >= 11 is 11.8. The number of halogens is 2. The molecule has 6 heteroatoms. The minimum Gasteiger partial charge on any atom is -0.389 e. The molecule has 0 fully saturated rings. The molecule has 1 N–H and O–H groups in total. The SMILES string of the molecule is COCC(O)CN(C)Cc1ncc(Cl)cc1Cl. The van der Waals surface area contributed by atoms with Crippen LogP contribution in [0.1, 0.15) is 5.69 Å². The first-order chi connectivity index (χ1) is 8.02. The number of aliphatic hydroxyl groups is 1. The van der Waals surface area contributed by atoms with Crippen LogP contribution in [-0.2, 0) is 11.3 Å². The lowest BCUT2D eigenvalue weighted by atomic mass is 10.3. The smallest absolute Gasteiger partial charge is 0.0900 e. The summed E-state index contributed by atoms with van der Waals surface area (Å²) < 4.78 is 4.86. The van der Waals surface area contributed by atoms with Crippen LogP contribution in [0.25, 0.3) is 0 Å². The van der Waals surface area contributed by atoms with Crippen molar-refractivity contribution in [3.8, 4) is 0 Å². The Hall–Kier alpha value is -0.390. The monoisotopic (exact) mass is 278 g/mol. The van der Waals surface area contributed by atoms with E-state index >= 15 is 0 Å². The van der Waals surface area contributed by atoms with Gasteiger partial charge in [-0.25, -0.2) is 0 Å². The van der Waals surface area contributed by atoms with Gasteiger partial charge in [0.25, 0.3) is 0 Å². The fourth-order valence-electron chi connectivity index (χ4n) is 1.48. The molecule has 0 saturated carbocycles. The summed E-state index contributed by atoms with van der Waals surface area (Å²) in [7, 11) is 3.44. The summed E-state index contributed by atoms with van der Waals surface area (Å²) in [6.45, 7) is 1.36. The molecule has 0 amide bonds. The zero-order valence-electron chi connectivity index (χ0n) is 9.86. The Morgan fingerprint density at radius 1 is 1.53 bits per heavy atom. The number of aromatic nitrogens is 1. The van der Waals surface area contributed by atoms with Crippen molar-refractivity contribution in [2.45, 2.75) is 12.6 Å². The predicted octanol–water partition coefficient (Wildman–Crippen LogP) is 1.83. The quantitative estimate of drug-likeness (QED) is 0.863. The fourth-order valence-corrected chi connectivity index (χ4v) is 1.92. The second-order valence-corrected chi connectivity index (χ2v) is 4.73. The Morgan fingerprint density at radius 3 is 2.82 bits per heavy atom. The molecule has 1 atom stereocenters. The molecule has 1 aromatic rings. The largest absolute Gasteiger partial charge is 0.389 e. The van der Waals surface area contributed by atoms with Gasteiger partial charge in [-0.1, -0.05) is 23.2 Å². The predicted molar refractivity (Wildman–Crippen MR) is 68.5 cm³/mol. The molecular formula is C11H16Cl2N2O2. The van der Waals surface area contributed by atoms with Crippen LogP contribution in [0.15, 0.2) is 12.3 Å². The van der Waals surface area contributed by atoms with Crippen molar-refractivity contribution in [1.29, 1.82) is 0 Å². The van der Waals surface area contributed by atoms with Crippen LogP contribution in [0.4, 0.5) is 0 Å². The van der Waals surface area contributed by atoms with Gasteiger partial charge in [-0.05, 0) is 13.1 Å². The first-order valence-electron chi connectivity index (χ1n) is 5.18. The van der Waals surface area contributed by atoms with Crippen molar-refractivity contribution in [3.05, 3.63) is 28.0 Å². The molecule has 0 spiro atoms. The molecule has 17 heavy (non-hydrogen) atoms. The van der Waals surface area contributed by atoms with Gasteiger partial charge in [-0.2, -0.15) is 0 Å². The van der Waals surface area contributed by atoms with Crippen LogP contribution in [0.3, 0.4) is 0 Å². The number of ether oxygens (including phenoxy) is 1. The maximum absolute atomic E-state index is 9.57.